The molecule has 0 aromatic heterocycles. The molecule has 1 aliphatic rings. The molecule has 1 fully saturated rings. The lowest BCUT2D eigenvalue weighted by atomic mass is 10.2. The van der Waals surface area contributed by atoms with Gasteiger partial charge in [-0.05, 0) is 49.9 Å². The second-order valence-corrected chi connectivity index (χ2v) is 5.51. The fourth-order valence-electron chi connectivity index (χ4n) is 2.39. The summed E-state index contributed by atoms with van der Waals surface area (Å²) in [7, 11) is 0. The highest BCUT2D eigenvalue weighted by Crippen LogP contribution is 2.25. The Balaban J connectivity index is 1.69. The maximum Gasteiger partial charge on any atom is 0.411 e. The number of nitrogens with one attached hydrogen (secondary N) is 1. The standard InChI is InChI=1S/C16H20F3NO3/c17-16(18,19)11-22-10-9-15(21)20-12-5-7-14(8-6-12)23-13-3-1-2-4-13/h5-8,13H,1-4,9-11H2,(H,20,21). The van der Waals surface area contributed by atoms with E-state index in [1.807, 2.05) is 0 Å². The summed E-state index contributed by atoms with van der Waals surface area (Å²) in [6.45, 7) is -1.61. The monoisotopic (exact) mass is 331 g/mol. The highest BCUT2D eigenvalue weighted by Gasteiger charge is 2.27. The van der Waals surface area contributed by atoms with Crippen molar-refractivity contribution in [2.24, 2.45) is 0 Å². The lowest BCUT2D eigenvalue weighted by Gasteiger charge is -2.13. The van der Waals surface area contributed by atoms with Crippen molar-refractivity contribution in [3.05, 3.63) is 24.3 Å². The van der Waals surface area contributed by atoms with E-state index in [1.54, 1.807) is 24.3 Å². The first-order valence-corrected chi connectivity index (χ1v) is 7.63. The number of hydrogen-bond donors (Lipinski definition) is 1. The number of carbonyl (C=O) groups is 1. The fraction of sp³-hybridized carbons (Fsp3) is 0.562. The molecule has 128 valence electrons. The third-order valence-electron chi connectivity index (χ3n) is 3.48. The van der Waals surface area contributed by atoms with Crippen LogP contribution in [0.2, 0.25) is 0 Å². The van der Waals surface area contributed by atoms with Crippen LogP contribution in [0.3, 0.4) is 0 Å². The molecule has 4 nitrogen and oxygen atoms in total. The first-order chi connectivity index (χ1) is 10.9. The second-order valence-electron chi connectivity index (χ2n) is 5.51. The average molecular weight is 331 g/mol. The predicted octanol–water partition coefficient (Wildman–Crippen LogP) is 3.92. The highest BCUT2D eigenvalue weighted by molar-refractivity contribution is 5.90. The van der Waals surface area contributed by atoms with Gasteiger partial charge in [0.25, 0.3) is 0 Å². The summed E-state index contributed by atoms with van der Waals surface area (Å²) in [6.07, 6.45) is 0.278. The highest BCUT2D eigenvalue weighted by atomic mass is 19.4. The lowest BCUT2D eigenvalue weighted by Crippen LogP contribution is -2.20. The molecule has 1 aromatic carbocycles. The van der Waals surface area contributed by atoms with E-state index in [0.717, 1.165) is 18.6 Å². The zero-order valence-electron chi connectivity index (χ0n) is 12.7. The number of halogens is 3. The Labute approximate surface area is 133 Å². The summed E-state index contributed by atoms with van der Waals surface area (Å²) in [5, 5.41) is 2.60. The molecule has 1 amide bonds. The number of alkyl halides is 3. The normalized spacial score (nSPS) is 15.6. The Morgan fingerprint density at radius 2 is 1.83 bits per heavy atom. The summed E-state index contributed by atoms with van der Waals surface area (Å²) >= 11 is 0. The zero-order chi connectivity index (χ0) is 16.7. The van der Waals surface area contributed by atoms with E-state index in [1.165, 1.54) is 12.8 Å². The van der Waals surface area contributed by atoms with Crippen molar-refractivity contribution in [2.75, 3.05) is 18.5 Å². The van der Waals surface area contributed by atoms with E-state index < -0.39 is 18.7 Å². The van der Waals surface area contributed by atoms with Crippen LogP contribution < -0.4 is 10.1 Å². The second kappa shape index (κ2) is 8.19. The van der Waals surface area contributed by atoms with Gasteiger partial charge in [0, 0.05) is 5.69 Å². The van der Waals surface area contributed by atoms with E-state index in [9.17, 15) is 18.0 Å². The molecule has 0 atom stereocenters. The molecule has 1 aromatic rings. The van der Waals surface area contributed by atoms with E-state index in [2.05, 4.69) is 10.1 Å². The number of anilines is 1. The molecule has 0 unspecified atom stereocenters. The van der Waals surface area contributed by atoms with Crippen molar-refractivity contribution in [1.29, 1.82) is 0 Å². The van der Waals surface area contributed by atoms with Crippen LogP contribution in [0.1, 0.15) is 32.1 Å². The minimum Gasteiger partial charge on any atom is -0.490 e. The van der Waals surface area contributed by atoms with Crippen LogP contribution in [-0.4, -0.2) is 31.4 Å². The van der Waals surface area contributed by atoms with E-state index in [4.69, 9.17) is 4.74 Å². The minimum absolute atomic E-state index is 0.129. The molecule has 0 spiro atoms. The van der Waals surface area contributed by atoms with Crippen molar-refractivity contribution >= 4 is 11.6 Å². The molecule has 0 bridgehead atoms. The van der Waals surface area contributed by atoms with Gasteiger partial charge in [-0.25, -0.2) is 0 Å². The lowest BCUT2D eigenvalue weighted by molar-refractivity contribution is -0.174. The number of rotatable bonds is 7. The Morgan fingerprint density at radius 3 is 2.43 bits per heavy atom. The maximum absolute atomic E-state index is 11.9. The fourth-order valence-corrected chi connectivity index (χ4v) is 2.39. The van der Waals surface area contributed by atoms with Crippen LogP contribution in [0.15, 0.2) is 24.3 Å². The topological polar surface area (TPSA) is 47.6 Å². The van der Waals surface area contributed by atoms with Gasteiger partial charge in [0.15, 0.2) is 0 Å². The summed E-state index contributed by atoms with van der Waals surface area (Å²) in [4.78, 5) is 11.6. The number of amides is 1. The molecular formula is C16H20F3NO3. The van der Waals surface area contributed by atoms with Gasteiger partial charge in [0.05, 0.1) is 19.1 Å². The SMILES string of the molecule is O=C(CCOCC(F)(F)F)Nc1ccc(OC2CCCC2)cc1. The van der Waals surface area contributed by atoms with Gasteiger partial charge in [0.1, 0.15) is 12.4 Å². The van der Waals surface area contributed by atoms with Crippen LogP contribution in [0.25, 0.3) is 0 Å². The molecule has 0 heterocycles. The Hall–Kier alpha value is -1.76. The van der Waals surface area contributed by atoms with Gasteiger partial charge in [-0.2, -0.15) is 13.2 Å². The molecule has 0 saturated heterocycles. The van der Waals surface area contributed by atoms with E-state index in [-0.39, 0.29) is 19.1 Å². The first-order valence-electron chi connectivity index (χ1n) is 7.63. The Kier molecular flexibility index (Phi) is 6.27. The van der Waals surface area contributed by atoms with Gasteiger partial charge >= 0.3 is 6.18 Å². The Morgan fingerprint density at radius 1 is 1.17 bits per heavy atom. The third kappa shape index (κ3) is 6.90. The van der Waals surface area contributed by atoms with Gasteiger partial charge in [-0.3, -0.25) is 4.79 Å². The van der Waals surface area contributed by atoms with Crippen molar-refractivity contribution < 1.29 is 27.4 Å². The molecule has 23 heavy (non-hydrogen) atoms. The molecule has 2 rings (SSSR count). The van der Waals surface area contributed by atoms with Gasteiger partial charge in [-0.15, -0.1) is 0 Å². The van der Waals surface area contributed by atoms with E-state index in [0.29, 0.717) is 5.69 Å². The predicted molar refractivity (Wildman–Crippen MR) is 79.4 cm³/mol. The van der Waals surface area contributed by atoms with Crippen LogP contribution >= 0.6 is 0 Å². The molecular weight excluding hydrogens is 311 g/mol. The zero-order valence-corrected chi connectivity index (χ0v) is 12.7. The molecule has 1 N–H and O–H groups in total. The minimum atomic E-state index is -4.37. The molecule has 7 heteroatoms. The van der Waals surface area contributed by atoms with Crippen LogP contribution in [0.5, 0.6) is 5.75 Å². The summed E-state index contributed by atoms with van der Waals surface area (Å²) in [5.41, 5.74) is 0.574. The molecule has 1 saturated carbocycles. The largest absolute Gasteiger partial charge is 0.490 e. The van der Waals surface area contributed by atoms with Gasteiger partial charge < -0.3 is 14.8 Å². The van der Waals surface area contributed by atoms with Gasteiger partial charge in [-0.1, -0.05) is 0 Å². The van der Waals surface area contributed by atoms with E-state index >= 15 is 0 Å². The number of ether oxygens (including phenoxy) is 2. The Bertz CT molecular complexity index is 496. The number of benzene rings is 1. The summed E-state index contributed by atoms with van der Waals surface area (Å²) in [6, 6.07) is 6.96. The molecule has 0 aliphatic heterocycles. The number of carbonyl (C=O) groups excluding carboxylic acids is 1. The van der Waals surface area contributed by atoms with Crippen molar-refractivity contribution in [2.45, 2.75) is 44.4 Å². The quantitative estimate of drug-likeness (QED) is 0.771. The van der Waals surface area contributed by atoms with Crippen molar-refractivity contribution in [3.8, 4) is 5.75 Å². The number of hydrogen-bond acceptors (Lipinski definition) is 3. The molecule has 0 radical (unpaired) electrons. The van der Waals surface area contributed by atoms with Gasteiger partial charge in [0.2, 0.25) is 5.91 Å². The third-order valence-corrected chi connectivity index (χ3v) is 3.48. The van der Waals surface area contributed by atoms with Crippen molar-refractivity contribution in [1.82, 2.24) is 0 Å². The summed E-state index contributed by atoms with van der Waals surface area (Å²) < 4.78 is 45.8. The van der Waals surface area contributed by atoms with Crippen LogP contribution in [0, 0.1) is 0 Å². The average Bonchev–Trinajstić information content (AvgIpc) is 2.98. The van der Waals surface area contributed by atoms with Crippen LogP contribution in [0.4, 0.5) is 18.9 Å². The first kappa shape index (κ1) is 17.6. The van der Waals surface area contributed by atoms with Crippen molar-refractivity contribution in [3.63, 3.8) is 0 Å². The molecule has 1 aliphatic carbocycles. The van der Waals surface area contributed by atoms with Crippen LogP contribution in [-0.2, 0) is 9.53 Å². The summed E-state index contributed by atoms with van der Waals surface area (Å²) in [5.74, 6) is 0.361. The maximum atomic E-state index is 11.9. The smallest absolute Gasteiger partial charge is 0.411 e.